The number of hydrogen-bond donors (Lipinski definition) is 4. The summed E-state index contributed by atoms with van der Waals surface area (Å²) in [7, 11) is 0. The second kappa shape index (κ2) is 12.6. The quantitative estimate of drug-likeness (QED) is 0.420. The van der Waals surface area contributed by atoms with Gasteiger partial charge in [0.25, 0.3) is 23.6 Å². The predicted octanol–water partition coefficient (Wildman–Crippen LogP) is 1.47. The first-order chi connectivity index (χ1) is 14.5. The number of nitrogens with zero attached hydrogens (tertiary/aromatic N) is 2. The molecule has 0 unspecified atom stereocenters. The SMILES string of the molecule is Cl.Cl.O=C(NNC(=O)c1ccc(C(=O)NNC(=O)c2ccncc2)cc1)c1ccncc1. The minimum absolute atomic E-state index is 0. The molecule has 0 aliphatic rings. The Morgan fingerprint density at radius 3 is 0.906 bits per heavy atom. The van der Waals surface area contributed by atoms with Crippen LogP contribution in [0.4, 0.5) is 0 Å². The van der Waals surface area contributed by atoms with Crippen LogP contribution in [0.25, 0.3) is 0 Å². The zero-order valence-corrected chi connectivity index (χ0v) is 17.9. The van der Waals surface area contributed by atoms with E-state index in [4.69, 9.17) is 0 Å². The lowest BCUT2D eigenvalue weighted by Crippen LogP contribution is -2.42. The Bertz CT molecular complexity index is 980. The largest absolute Gasteiger partial charge is 0.269 e. The van der Waals surface area contributed by atoms with Crippen molar-refractivity contribution in [2.45, 2.75) is 0 Å². The van der Waals surface area contributed by atoms with Gasteiger partial charge in [-0.15, -0.1) is 24.8 Å². The number of pyridine rings is 2. The van der Waals surface area contributed by atoms with Gasteiger partial charge in [-0.2, -0.15) is 0 Å². The van der Waals surface area contributed by atoms with Crippen LogP contribution in [0.1, 0.15) is 41.4 Å². The van der Waals surface area contributed by atoms with E-state index >= 15 is 0 Å². The molecule has 0 fully saturated rings. The van der Waals surface area contributed by atoms with E-state index in [0.29, 0.717) is 11.1 Å². The zero-order valence-electron chi connectivity index (χ0n) is 16.3. The molecule has 0 spiro atoms. The summed E-state index contributed by atoms with van der Waals surface area (Å²) in [5.41, 5.74) is 10.3. The van der Waals surface area contributed by atoms with Crippen molar-refractivity contribution in [3.8, 4) is 0 Å². The summed E-state index contributed by atoms with van der Waals surface area (Å²) in [4.78, 5) is 55.7. The van der Waals surface area contributed by atoms with Gasteiger partial charge in [-0.1, -0.05) is 0 Å². The summed E-state index contributed by atoms with van der Waals surface area (Å²) >= 11 is 0. The number of hydrogen-bond acceptors (Lipinski definition) is 6. The number of rotatable bonds is 4. The van der Waals surface area contributed by atoms with Crippen LogP contribution < -0.4 is 21.7 Å². The van der Waals surface area contributed by atoms with Gasteiger partial charge in [0.15, 0.2) is 0 Å². The Hall–Kier alpha value is -4.02. The number of carbonyl (C=O) groups excluding carboxylic acids is 4. The number of aromatic nitrogens is 2. The summed E-state index contributed by atoms with van der Waals surface area (Å²) in [6, 6.07) is 11.7. The number of halogens is 2. The van der Waals surface area contributed by atoms with Crippen molar-refractivity contribution in [1.82, 2.24) is 31.7 Å². The monoisotopic (exact) mass is 476 g/mol. The maximum atomic E-state index is 12.1. The number of carbonyl (C=O) groups is 4. The second-order valence-corrected chi connectivity index (χ2v) is 5.87. The molecule has 12 heteroatoms. The number of nitrogens with one attached hydrogen (secondary N) is 4. The highest BCUT2D eigenvalue weighted by molar-refractivity contribution is 6.01. The molecule has 4 N–H and O–H groups in total. The maximum absolute atomic E-state index is 12.1. The minimum atomic E-state index is -0.560. The van der Waals surface area contributed by atoms with E-state index in [1.165, 1.54) is 73.3 Å². The van der Waals surface area contributed by atoms with Crippen LogP contribution in [0.15, 0.2) is 73.3 Å². The Morgan fingerprint density at radius 2 is 0.656 bits per heavy atom. The van der Waals surface area contributed by atoms with Gasteiger partial charge in [0.1, 0.15) is 0 Å². The van der Waals surface area contributed by atoms with E-state index in [2.05, 4.69) is 31.7 Å². The first kappa shape index (κ1) is 26.0. The molecule has 0 atom stereocenters. The fraction of sp³-hybridized carbons (Fsp3) is 0. The molecular formula is C20H18Cl2N6O4. The molecule has 0 bridgehead atoms. The fourth-order valence-electron chi connectivity index (χ4n) is 2.30. The molecule has 0 aliphatic heterocycles. The molecule has 0 saturated heterocycles. The average molecular weight is 477 g/mol. The molecule has 0 saturated carbocycles. The Labute approximate surface area is 195 Å². The Morgan fingerprint density at radius 1 is 0.438 bits per heavy atom. The molecule has 10 nitrogen and oxygen atoms in total. The highest BCUT2D eigenvalue weighted by atomic mass is 35.5. The first-order valence-corrected chi connectivity index (χ1v) is 8.66. The zero-order chi connectivity index (χ0) is 21.3. The number of benzene rings is 1. The Kier molecular flexibility index (Phi) is 10.3. The van der Waals surface area contributed by atoms with E-state index < -0.39 is 23.6 Å². The highest BCUT2D eigenvalue weighted by Gasteiger charge is 2.12. The highest BCUT2D eigenvalue weighted by Crippen LogP contribution is 2.04. The van der Waals surface area contributed by atoms with Gasteiger partial charge in [-0.25, -0.2) is 0 Å². The second-order valence-electron chi connectivity index (χ2n) is 5.87. The molecule has 2 heterocycles. The first-order valence-electron chi connectivity index (χ1n) is 8.66. The van der Waals surface area contributed by atoms with Gasteiger partial charge in [0.2, 0.25) is 0 Å². The standard InChI is InChI=1S/C20H16N6O4.2ClH/c27-17(23-25-19(29)15-5-9-21-10-6-15)13-1-2-14(4-3-13)18(28)24-26-20(30)16-7-11-22-12-8-16;;/h1-12H,(H,23,27)(H,24,28)(H,25,29)(H,26,30);2*1H. The van der Waals surface area contributed by atoms with Crippen LogP contribution in [0.3, 0.4) is 0 Å². The van der Waals surface area contributed by atoms with Crippen LogP contribution in [0.5, 0.6) is 0 Å². The third-order valence-electron chi connectivity index (χ3n) is 3.87. The average Bonchev–Trinajstić information content (AvgIpc) is 2.81. The van der Waals surface area contributed by atoms with Gasteiger partial charge in [0.05, 0.1) is 0 Å². The van der Waals surface area contributed by atoms with Gasteiger partial charge < -0.3 is 0 Å². The van der Waals surface area contributed by atoms with Crippen LogP contribution in [0.2, 0.25) is 0 Å². The smallest absolute Gasteiger partial charge is 0.267 e. The summed E-state index contributed by atoms with van der Waals surface area (Å²) < 4.78 is 0. The molecule has 0 aliphatic carbocycles. The number of hydrazine groups is 2. The van der Waals surface area contributed by atoms with Crippen LogP contribution in [-0.4, -0.2) is 33.6 Å². The third-order valence-corrected chi connectivity index (χ3v) is 3.87. The fourth-order valence-corrected chi connectivity index (χ4v) is 2.30. The minimum Gasteiger partial charge on any atom is -0.267 e. The molecule has 4 amide bonds. The van der Waals surface area contributed by atoms with Gasteiger partial charge >= 0.3 is 0 Å². The molecule has 32 heavy (non-hydrogen) atoms. The topological polar surface area (TPSA) is 142 Å². The lowest BCUT2D eigenvalue weighted by Gasteiger charge is -2.09. The van der Waals surface area contributed by atoms with Crippen molar-refractivity contribution < 1.29 is 19.2 Å². The van der Waals surface area contributed by atoms with Crippen LogP contribution in [0, 0.1) is 0 Å². The van der Waals surface area contributed by atoms with Gasteiger partial charge in [0, 0.05) is 47.0 Å². The maximum Gasteiger partial charge on any atom is 0.269 e. The third kappa shape index (κ3) is 7.04. The predicted molar refractivity (Wildman–Crippen MR) is 119 cm³/mol. The number of amides is 4. The van der Waals surface area contributed by atoms with E-state index in [1.54, 1.807) is 0 Å². The summed E-state index contributed by atoms with van der Waals surface area (Å²) in [5, 5.41) is 0. The van der Waals surface area contributed by atoms with Crippen molar-refractivity contribution in [3.05, 3.63) is 95.6 Å². The molecule has 166 valence electrons. The van der Waals surface area contributed by atoms with E-state index in [0.717, 1.165) is 0 Å². The van der Waals surface area contributed by atoms with Crippen molar-refractivity contribution in [2.75, 3.05) is 0 Å². The van der Waals surface area contributed by atoms with E-state index in [-0.39, 0.29) is 35.9 Å². The van der Waals surface area contributed by atoms with Gasteiger partial charge in [-0.3, -0.25) is 50.8 Å². The lowest BCUT2D eigenvalue weighted by molar-refractivity contribution is 0.0844. The van der Waals surface area contributed by atoms with Crippen LogP contribution in [-0.2, 0) is 0 Å². The summed E-state index contributed by atoms with van der Waals surface area (Å²) in [5.74, 6) is -2.11. The van der Waals surface area contributed by atoms with Gasteiger partial charge in [-0.05, 0) is 48.5 Å². The molecule has 3 aromatic rings. The van der Waals surface area contributed by atoms with E-state index in [1.807, 2.05) is 0 Å². The van der Waals surface area contributed by atoms with Crippen molar-refractivity contribution in [2.24, 2.45) is 0 Å². The lowest BCUT2D eigenvalue weighted by atomic mass is 10.1. The van der Waals surface area contributed by atoms with E-state index in [9.17, 15) is 19.2 Å². The van der Waals surface area contributed by atoms with Crippen LogP contribution >= 0.6 is 24.8 Å². The van der Waals surface area contributed by atoms with Crippen molar-refractivity contribution in [3.63, 3.8) is 0 Å². The molecule has 2 aromatic heterocycles. The molecule has 0 radical (unpaired) electrons. The van der Waals surface area contributed by atoms with Crippen molar-refractivity contribution in [1.29, 1.82) is 0 Å². The Balaban J connectivity index is 0.00000256. The summed E-state index contributed by atoms with van der Waals surface area (Å²) in [6.45, 7) is 0. The molecule has 3 rings (SSSR count). The normalized spacial score (nSPS) is 9.25. The molecular weight excluding hydrogens is 459 g/mol. The van der Waals surface area contributed by atoms with Crippen molar-refractivity contribution >= 4 is 48.4 Å². The molecule has 1 aromatic carbocycles. The summed E-state index contributed by atoms with van der Waals surface area (Å²) in [6.07, 6.45) is 5.83.